The average molecular weight is 239 g/mol. The molecule has 0 radical (unpaired) electrons. The van der Waals surface area contributed by atoms with Gasteiger partial charge in [0.2, 0.25) is 0 Å². The van der Waals surface area contributed by atoms with E-state index < -0.39 is 28.3 Å². The molecule has 7 heteroatoms. The number of ether oxygens (including phenoxy) is 2. The fraction of sp³-hybridized carbons (Fsp3) is 1.00. The molecule has 1 aliphatic heterocycles. The van der Waals surface area contributed by atoms with Gasteiger partial charge in [0.05, 0.1) is 17.6 Å². The molecule has 0 bridgehead atoms. The van der Waals surface area contributed by atoms with Crippen LogP contribution < -0.4 is 5.32 Å². The van der Waals surface area contributed by atoms with Gasteiger partial charge < -0.3 is 19.9 Å². The summed E-state index contributed by atoms with van der Waals surface area (Å²) in [5.74, 6) is -0.205. The second-order valence-corrected chi connectivity index (χ2v) is 5.71. The van der Waals surface area contributed by atoms with Gasteiger partial charge >= 0.3 is 0 Å². The Kier molecular flexibility index (Phi) is 4.47. The second kappa shape index (κ2) is 5.22. The average Bonchev–Trinajstić information content (AvgIpc) is 2.41. The van der Waals surface area contributed by atoms with Crippen molar-refractivity contribution in [2.45, 2.75) is 18.4 Å². The normalized spacial score (nSPS) is 29.9. The summed E-state index contributed by atoms with van der Waals surface area (Å²) >= 11 is 0. The lowest BCUT2D eigenvalue weighted by Crippen LogP contribution is -2.43. The number of hydrogen-bond acceptors (Lipinski definition) is 6. The topological polar surface area (TPSA) is 84.9 Å². The molecular formula is C8H17NO5S. The Morgan fingerprint density at radius 3 is 2.40 bits per heavy atom. The van der Waals surface area contributed by atoms with Gasteiger partial charge in [-0.25, -0.2) is 8.42 Å². The highest BCUT2D eigenvalue weighted by molar-refractivity contribution is 7.91. The number of nitrogens with one attached hydrogen (secondary N) is 1. The zero-order chi connectivity index (χ0) is 11.5. The summed E-state index contributed by atoms with van der Waals surface area (Å²) in [5, 5.41) is 12.4. The number of sulfone groups is 1. The number of methoxy groups -OCH3 is 2. The summed E-state index contributed by atoms with van der Waals surface area (Å²) in [5.41, 5.74) is 0. The third-order valence-corrected chi connectivity index (χ3v) is 4.11. The lowest BCUT2D eigenvalue weighted by atomic mass is 10.2. The van der Waals surface area contributed by atoms with Gasteiger partial charge in [-0.1, -0.05) is 0 Å². The first-order valence-corrected chi connectivity index (χ1v) is 6.48. The largest absolute Gasteiger partial charge is 0.390 e. The highest BCUT2D eigenvalue weighted by Crippen LogP contribution is 2.12. The SMILES string of the molecule is COC(CN[C@@H]1CS(=O)(=O)C[C@H]1O)OC. The van der Waals surface area contributed by atoms with Crippen LogP contribution >= 0.6 is 0 Å². The number of aliphatic hydroxyl groups is 1. The molecule has 90 valence electrons. The van der Waals surface area contributed by atoms with Crippen molar-refractivity contribution in [1.29, 1.82) is 0 Å². The Bertz CT molecular complexity index is 287. The van der Waals surface area contributed by atoms with Crippen LogP contribution in [0.3, 0.4) is 0 Å². The van der Waals surface area contributed by atoms with E-state index in [1.54, 1.807) is 0 Å². The van der Waals surface area contributed by atoms with E-state index in [1.807, 2.05) is 0 Å². The zero-order valence-electron chi connectivity index (χ0n) is 8.84. The van der Waals surface area contributed by atoms with E-state index in [-0.39, 0.29) is 11.5 Å². The van der Waals surface area contributed by atoms with Gasteiger partial charge in [0.25, 0.3) is 0 Å². The minimum Gasteiger partial charge on any atom is -0.390 e. The lowest BCUT2D eigenvalue weighted by molar-refractivity contribution is -0.101. The minimum absolute atomic E-state index is 0.0334. The first-order valence-electron chi connectivity index (χ1n) is 4.66. The lowest BCUT2D eigenvalue weighted by Gasteiger charge is -2.19. The summed E-state index contributed by atoms with van der Waals surface area (Å²) in [6.45, 7) is 0.351. The van der Waals surface area contributed by atoms with Gasteiger partial charge in [-0.05, 0) is 0 Å². The van der Waals surface area contributed by atoms with Gasteiger partial charge in [-0.2, -0.15) is 0 Å². The van der Waals surface area contributed by atoms with Crippen LogP contribution in [0.2, 0.25) is 0 Å². The number of aliphatic hydroxyl groups excluding tert-OH is 1. The molecule has 2 N–H and O–H groups in total. The maximum atomic E-state index is 11.2. The van der Waals surface area contributed by atoms with Gasteiger partial charge in [0, 0.05) is 26.8 Å². The fourth-order valence-electron chi connectivity index (χ4n) is 1.53. The molecule has 1 heterocycles. The maximum Gasteiger partial charge on any atom is 0.169 e. The molecular weight excluding hydrogens is 222 g/mol. The summed E-state index contributed by atoms with van der Waals surface area (Å²) in [6.07, 6.45) is -1.27. The number of hydrogen-bond donors (Lipinski definition) is 2. The highest BCUT2D eigenvalue weighted by Gasteiger charge is 2.36. The van der Waals surface area contributed by atoms with Crippen molar-refractivity contribution in [1.82, 2.24) is 5.32 Å². The Balaban J connectivity index is 2.40. The van der Waals surface area contributed by atoms with Crippen molar-refractivity contribution in [2.24, 2.45) is 0 Å². The van der Waals surface area contributed by atoms with E-state index >= 15 is 0 Å². The molecule has 0 aliphatic carbocycles. The van der Waals surface area contributed by atoms with Crippen LogP contribution in [0, 0.1) is 0 Å². The smallest absolute Gasteiger partial charge is 0.169 e. The highest BCUT2D eigenvalue weighted by atomic mass is 32.2. The van der Waals surface area contributed by atoms with Crippen LogP contribution in [0.4, 0.5) is 0 Å². The molecule has 0 aromatic heterocycles. The predicted molar refractivity (Wildman–Crippen MR) is 54.3 cm³/mol. The first kappa shape index (κ1) is 12.9. The van der Waals surface area contributed by atoms with Crippen LogP contribution in [0.1, 0.15) is 0 Å². The molecule has 2 atom stereocenters. The zero-order valence-corrected chi connectivity index (χ0v) is 9.66. The molecule has 0 aromatic rings. The van der Waals surface area contributed by atoms with Crippen molar-refractivity contribution >= 4 is 9.84 Å². The molecule has 0 amide bonds. The van der Waals surface area contributed by atoms with Crippen LogP contribution in [0.5, 0.6) is 0 Å². The summed E-state index contributed by atoms with van der Waals surface area (Å²) in [4.78, 5) is 0. The van der Waals surface area contributed by atoms with Gasteiger partial charge in [-0.15, -0.1) is 0 Å². The van der Waals surface area contributed by atoms with Gasteiger partial charge in [-0.3, -0.25) is 0 Å². The molecule has 1 rings (SSSR count). The molecule has 15 heavy (non-hydrogen) atoms. The standard InChI is InChI=1S/C8H17NO5S/c1-13-8(14-2)3-9-6-4-15(11,12)5-7(6)10/h6-10H,3-5H2,1-2H3/t6-,7-/m1/s1. The summed E-state index contributed by atoms with van der Waals surface area (Å²) < 4.78 is 32.2. The molecule has 6 nitrogen and oxygen atoms in total. The quantitative estimate of drug-likeness (QED) is 0.559. The van der Waals surface area contributed by atoms with E-state index in [9.17, 15) is 13.5 Å². The Hall–Kier alpha value is -0.210. The van der Waals surface area contributed by atoms with Crippen LogP contribution in [0.25, 0.3) is 0 Å². The summed E-state index contributed by atoms with van der Waals surface area (Å²) in [6, 6.07) is -0.428. The van der Waals surface area contributed by atoms with Crippen molar-refractivity contribution in [3.8, 4) is 0 Å². The van der Waals surface area contributed by atoms with Crippen LogP contribution in [-0.4, -0.2) is 64.2 Å². The van der Waals surface area contributed by atoms with Gasteiger partial charge in [0.15, 0.2) is 16.1 Å². The minimum atomic E-state index is -3.10. The third-order valence-electron chi connectivity index (χ3n) is 2.40. The predicted octanol–water partition coefficient (Wildman–Crippen LogP) is -1.65. The second-order valence-electron chi connectivity index (χ2n) is 3.56. The van der Waals surface area contributed by atoms with Crippen molar-refractivity contribution in [3.63, 3.8) is 0 Å². The van der Waals surface area contributed by atoms with Crippen molar-refractivity contribution in [3.05, 3.63) is 0 Å². The monoisotopic (exact) mass is 239 g/mol. The van der Waals surface area contributed by atoms with Crippen molar-refractivity contribution < 1.29 is 23.0 Å². The Morgan fingerprint density at radius 1 is 1.40 bits per heavy atom. The van der Waals surface area contributed by atoms with E-state index in [4.69, 9.17) is 9.47 Å². The number of rotatable bonds is 5. The molecule has 0 saturated carbocycles. The molecule has 1 saturated heterocycles. The van der Waals surface area contributed by atoms with Crippen molar-refractivity contribution in [2.75, 3.05) is 32.3 Å². The Labute approximate surface area is 89.5 Å². The molecule has 0 aromatic carbocycles. The van der Waals surface area contributed by atoms with E-state index in [1.165, 1.54) is 14.2 Å². The van der Waals surface area contributed by atoms with E-state index in [2.05, 4.69) is 5.32 Å². The third kappa shape index (κ3) is 3.69. The van der Waals surface area contributed by atoms with Crippen LogP contribution in [-0.2, 0) is 19.3 Å². The molecule has 1 aliphatic rings. The molecule has 0 spiro atoms. The van der Waals surface area contributed by atoms with Gasteiger partial charge in [0.1, 0.15) is 0 Å². The Morgan fingerprint density at radius 2 is 2.00 bits per heavy atom. The van der Waals surface area contributed by atoms with E-state index in [0.717, 1.165) is 0 Å². The fourth-order valence-corrected chi connectivity index (χ4v) is 3.31. The van der Waals surface area contributed by atoms with Crippen LogP contribution in [0.15, 0.2) is 0 Å². The maximum absolute atomic E-state index is 11.2. The molecule has 1 fully saturated rings. The molecule has 0 unspecified atom stereocenters. The summed E-state index contributed by atoms with van der Waals surface area (Å²) in [7, 11) is -0.105. The first-order chi connectivity index (χ1) is 6.98. The van der Waals surface area contributed by atoms with E-state index in [0.29, 0.717) is 6.54 Å².